The molecular formula is C20H46FO3PS2. The molecule has 0 rings (SSSR count). The third-order valence-electron chi connectivity index (χ3n) is 4.56. The molecule has 0 fully saturated rings. The van der Waals surface area contributed by atoms with Gasteiger partial charge in [0, 0.05) is 0 Å². The Morgan fingerprint density at radius 2 is 0.926 bits per heavy atom. The van der Waals surface area contributed by atoms with Crippen molar-refractivity contribution in [2.75, 3.05) is 36.5 Å². The number of hydrogen-bond donors (Lipinski definition) is 0. The Morgan fingerprint density at radius 3 is 1.26 bits per heavy atom. The molecule has 7 heteroatoms. The zero-order chi connectivity index (χ0) is 20.8. The Kier molecular flexibility index (Phi) is 15.1. The maximum absolute atomic E-state index is 14.6. The number of halogens is 1. The summed E-state index contributed by atoms with van der Waals surface area (Å²) in [6.45, 7) is 4.41. The van der Waals surface area contributed by atoms with Crippen LogP contribution >= 0.6 is 28.5 Å². The molecule has 3 nitrogen and oxygen atoms in total. The van der Waals surface area contributed by atoms with E-state index in [2.05, 4.69) is 13.8 Å². The van der Waals surface area contributed by atoms with Crippen molar-refractivity contribution in [2.45, 2.75) is 90.9 Å². The molecule has 0 atom stereocenters. The second-order valence-electron chi connectivity index (χ2n) is 8.40. The predicted molar refractivity (Wildman–Crippen MR) is 126 cm³/mol. The van der Waals surface area contributed by atoms with Gasteiger partial charge in [0.15, 0.2) is 0 Å². The van der Waals surface area contributed by atoms with Crippen molar-refractivity contribution in [3.05, 3.63) is 0 Å². The zero-order valence-corrected chi connectivity index (χ0v) is 21.3. The van der Waals surface area contributed by atoms with E-state index in [1.165, 1.54) is 51.4 Å². The third kappa shape index (κ3) is 17.4. The summed E-state index contributed by atoms with van der Waals surface area (Å²) in [5, 5.41) is 0. The second kappa shape index (κ2) is 14.7. The molecule has 0 saturated heterocycles. The highest BCUT2D eigenvalue weighted by Crippen LogP contribution is 2.69. The number of rotatable bonds is 18. The van der Waals surface area contributed by atoms with Crippen LogP contribution in [0.5, 0.6) is 0 Å². The molecule has 0 saturated carbocycles. The van der Waals surface area contributed by atoms with Gasteiger partial charge in [0.2, 0.25) is 0 Å². The van der Waals surface area contributed by atoms with Crippen LogP contribution in [0.4, 0.5) is 4.20 Å². The van der Waals surface area contributed by atoms with Gasteiger partial charge in [-0.05, 0) is 49.4 Å². The smallest absolute Gasteiger partial charge is 0.234 e. The van der Waals surface area contributed by atoms with Crippen molar-refractivity contribution >= 4 is 28.5 Å². The van der Waals surface area contributed by atoms with Gasteiger partial charge in [0.25, 0.3) is 0 Å². The molecule has 0 bridgehead atoms. The fraction of sp³-hybridized carbons (Fsp3) is 1.00. The van der Waals surface area contributed by atoms with Gasteiger partial charge in [-0.1, -0.05) is 78.1 Å². The molecule has 0 heterocycles. The normalized spacial score (nSPS) is 14.5. The van der Waals surface area contributed by atoms with Crippen LogP contribution in [-0.2, 0) is 12.5 Å². The van der Waals surface area contributed by atoms with E-state index in [1.54, 1.807) is 0 Å². The minimum absolute atomic E-state index is 0.781. The quantitative estimate of drug-likeness (QED) is 0.155. The molecule has 0 aromatic heterocycles. The first-order valence-corrected chi connectivity index (χ1v) is 17.2. The van der Waals surface area contributed by atoms with Gasteiger partial charge in [0.1, 0.15) is 0 Å². The topological polar surface area (TPSA) is 35.5 Å². The summed E-state index contributed by atoms with van der Waals surface area (Å²) < 4.78 is 37.7. The molecule has 0 aliphatic rings. The van der Waals surface area contributed by atoms with Gasteiger partial charge >= 0.3 is 7.91 Å². The highest BCUT2D eigenvalue weighted by Gasteiger charge is 2.35. The van der Waals surface area contributed by atoms with Crippen LogP contribution in [0.15, 0.2) is 0 Å². The summed E-state index contributed by atoms with van der Waals surface area (Å²) in [7, 11) is -7.87. The lowest BCUT2D eigenvalue weighted by molar-refractivity contribution is 0.368. The summed E-state index contributed by atoms with van der Waals surface area (Å²) in [6, 6.07) is 0. The maximum atomic E-state index is 14.6. The molecule has 0 aromatic rings. The van der Waals surface area contributed by atoms with E-state index in [0.29, 0.717) is 0 Å². The fourth-order valence-electron chi connectivity index (χ4n) is 3.03. The average molecular weight is 449 g/mol. The van der Waals surface area contributed by atoms with Crippen molar-refractivity contribution in [3.63, 3.8) is 0 Å². The minimum atomic E-state index is -4.49. The molecule has 0 aromatic carbocycles. The van der Waals surface area contributed by atoms with Crippen LogP contribution < -0.4 is 0 Å². The molecule has 0 aliphatic carbocycles. The van der Waals surface area contributed by atoms with E-state index < -0.39 is 28.5 Å². The van der Waals surface area contributed by atoms with E-state index in [1.807, 2.05) is 25.0 Å². The molecule has 168 valence electrons. The van der Waals surface area contributed by atoms with Gasteiger partial charge in [-0.15, -0.1) is 24.8 Å². The van der Waals surface area contributed by atoms with Crippen molar-refractivity contribution in [1.29, 1.82) is 0 Å². The molecule has 0 N–H and O–H groups in total. The van der Waals surface area contributed by atoms with Crippen molar-refractivity contribution in [2.24, 2.45) is 0 Å². The van der Waals surface area contributed by atoms with Crippen molar-refractivity contribution in [3.8, 4) is 0 Å². The fourth-order valence-corrected chi connectivity index (χ4v) is 9.60. The summed E-state index contributed by atoms with van der Waals surface area (Å²) in [6.07, 6.45) is 21.8. The van der Waals surface area contributed by atoms with Crippen LogP contribution in [0, 0.1) is 0 Å². The van der Waals surface area contributed by atoms with Gasteiger partial charge in [-0.2, -0.15) is 0 Å². The van der Waals surface area contributed by atoms with E-state index in [0.717, 1.165) is 37.2 Å². The zero-order valence-electron chi connectivity index (χ0n) is 18.8. The monoisotopic (exact) mass is 448 g/mol. The van der Waals surface area contributed by atoms with Crippen LogP contribution in [0.2, 0.25) is 0 Å². The molecule has 0 aliphatic heterocycles. The lowest BCUT2D eigenvalue weighted by Gasteiger charge is -2.36. The maximum Gasteiger partial charge on any atom is 0.532 e. The highest BCUT2D eigenvalue weighted by molar-refractivity contribution is 8.32. The van der Waals surface area contributed by atoms with Gasteiger partial charge in [0.05, 0.1) is 0 Å². The lowest BCUT2D eigenvalue weighted by Crippen LogP contribution is -2.08. The highest BCUT2D eigenvalue weighted by atomic mass is 32.3. The third-order valence-corrected chi connectivity index (χ3v) is 11.8. The molecular weight excluding hydrogens is 402 g/mol. The Balaban J connectivity index is 4.20. The SMILES string of the molecule is CCCCCCCCS(C)(C)OP(=O)(F)OS(C)(C)CCCCCCCC. The van der Waals surface area contributed by atoms with E-state index >= 15 is 0 Å². The van der Waals surface area contributed by atoms with Crippen LogP contribution in [0.3, 0.4) is 0 Å². The first kappa shape index (κ1) is 27.8. The van der Waals surface area contributed by atoms with E-state index in [4.69, 9.17) is 7.94 Å². The average Bonchev–Trinajstić information content (AvgIpc) is 2.51. The summed E-state index contributed by atoms with van der Waals surface area (Å²) in [5.41, 5.74) is 0. The Bertz CT molecular complexity index is 386. The van der Waals surface area contributed by atoms with Gasteiger partial charge < -0.3 is 0 Å². The molecule has 0 spiro atoms. The first-order chi connectivity index (χ1) is 12.5. The minimum Gasteiger partial charge on any atom is -0.234 e. The number of unbranched alkanes of at least 4 members (excludes halogenated alkanes) is 10. The van der Waals surface area contributed by atoms with Crippen LogP contribution in [0.25, 0.3) is 0 Å². The predicted octanol–water partition coefficient (Wildman–Crippen LogP) is 8.78. The van der Waals surface area contributed by atoms with Crippen molar-refractivity contribution < 1.29 is 16.7 Å². The van der Waals surface area contributed by atoms with Gasteiger partial charge in [-0.25, -0.2) is 12.5 Å². The second-order valence-corrected chi connectivity index (χ2v) is 17.0. The van der Waals surface area contributed by atoms with Crippen LogP contribution in [0.1, 0.15) is 90.9 Å². The summed E-state index contributed by atoms with van der Waals surface area (Å²) in [4.78, 5) is 0. The van der Waals surface area contributed by atoms with Crippen molar-refractivity contribution in [1.82, 2.24) is 0 Å². The Labute approximate surface area is 172 Å². The van der Waals surface area contributed by atoms with Gasteiger partial charge in [-0.3, -0.25) is 0 Å². The lowest BCUT2D eigenvalue weighted by atomic mass is 10.1. The van der Waals surface area contributed by atoms with E-state index in [9.17, 15) is 8.76 Å². The Hall–Kier alpha value is 0.780. The number of hydrogen-bond acceptors (Lipinski definition) is 3. The molecule has 0 unspecified atom stereocenters. The first-order valence-electron chi connectivity index (χ1n) is 10.7. The Morgan fingerprint density at radius 1 is 0.630 bits per heavy atom. The standard InChI is InChI=1S/C20H46FO3PS2/c1-7-9-11-13-15-17-19-26(3,4)23-25(21,22)24-27(5,6)20-18-16-14-12-10-8-2/h7-20H2,1-6H3. The molecule has 0 radical (unpaired) electrons. The summed E-state index contributed by atoms with van der Waals surface area (Å²) >= 11 is 0. The summed E-state index contributed by atoms with van der Waals surface area (Å²) in [5.74, 6) is 1.56. The molecule has 0 amide bonds. The molecule has 27 heavy (non-hydrogen) atoms. The van der Waals surface area contributed by atoms with E-state index in [-0.39, 0.29) is 0 Å². The largest absolute Gasteiger partial charge is 0.532 e. The van der Waals surface area contributed by atoms with Crippen LogP contribution in [-0.4, -0.2) is 36.5 Å².